The summed E-state index contributed by atoms with van der Waals surface area (Å²) in [5.74, 6) is 0.0750. The van der Waals surface area contributed by atoms with Crippen LogP contribution in [-0.2, 0) is 0 Å². The van der Waals surface area contributed by atoms with Crippen molar-refractivity contribution in [1.82, 2.24) is 14.6 Å². The van der Waals surface area contributed by atoms with Crippen LogP contribution < -0.4 is 11.1 Å². The molecule has 3 rings (SSSR count). The molecule has 3 aromatic heterocycles. The number of nitrogens with one attached hydrogen (secondary N) is 1. The van der Waals surface area contributed by atoms with Crippen LogP contribution in [0.4, 0.5) is 11.5 Å². The van der Waals surface area contributed by atoms with Crippen LogP contribution in [0, 0.1) is 0 Å². The lowest BCUT2D eigenvalue weighted by molar-refractivity contribution is 0.102. The van der Waals surface area contributed by atoms with Gasteiger partial charge in [-0.25, -0.2) is 9.50 Å². The van der Waals surface area contributed by atoms with E-state index in [1.807, 2.05) is 11.4 Å². The molecule has 0 unspecified atom stereocenters. The molecule has 0 radical (unpaired) electrons. The van der Waals surface area contributed by atoms with Crippen LogP contribution in [0.3, 0.4) is 0 Å². The maximum absolute atomic E-state index is 12.2. The van der Waals surface area contributed by atoms with Crippen LogP contribution in [-0.4, -0.2) is 20.5 Å². The van der Waals surface area contributed by atoms with Gasteiger partial charge in [-0.1, -0.05) is 0 Å². The first-order chi connectivity index (χ1) is 9.15. The normalized spacial score (nSPS) is 10.8. The number of hydrogen-bond acceptors (Lipinski definition) is 5. The summed E-state index contributed by atoms with van der Waals surface area (Å²) in [6, 6.07) is 3.44. The molecule has 1 amide bonds. The van der Waals surface area contributed by atoms with E-state index in [9.17, 15) is 4.79 Å². The van der Waals surface area contributed by atoms with Gasteiger partial charge in [0.15, 0.2) is 5.65 Å². The lowest BCUT2D eigenvalue weighted by Crippen LogP contribution is -2.12. The van der Waals surface area contributed by atoms with Crippen molar-refractivity contribution in [3.63, 3.8) is 0 Å². The third-order valence-electron chi connectivity index (χ3n) is 2.50. The maximum atomic E-state index is 12.2. The highest BCUT2D eigenvalue weighted by atomic mass is 79.9. The molecule has 0 fully saturated rings. The molecule has 0 bridgehead atoms. The minimum Gasteiger partial charge on any atom is -0.384 e. The lowest BCUT2D eigenvalue weighted by atomic mass is 10.3. The summed E-state index contributed by atoms with van der Waals surface area (Å²) >= 11 is 4.86. The zero-order valence-electron chi connectivity index (χ0n) is 9.50. The number of thiophene rings is 1. The molecule has 3 heterocycles. The van der Waals surface area contributed by atoms with Crippen molar-refractivity contribution in [2.75, 3.05) is 11.1 Å². The molecule has 96 valence electrons. The van der Waals surface area contributed by atoms with Crippen molar-refractivity contribution in [3.05, 3.63) is 39.3 Å². The molecule has 0 spiro atoms. The van der Waals surface area contributed by atoms with E-state index in [1.54, 1.807) is 12.3 Å². The Labute approximate surface area is 120 Å². The minimum absolute atomic E-state index is 0.271. The molecule has 6 nitrogen and oxygen atoms in total. The van der Waals surface area contributed by atoms with Gasteiger partial charge in [0.05, 0.1) is 15.7 Å². The number of nitrogen functional groups attached to an aromatic ring is 1. The number of fused-ring (bicyclic) bond motifs is 1. The Balaban J connectivity index is 1.98. The Kier molecular flexibility index (Phi) is 2.96. The van der Waals surface area contributed by atoms with E-state index in [2.05, 4.69) is 31.3 Å². The highest BCUT2D eigenvalue weighted by molar-refractivity contribution is 9.11. The number of nitrogens with zero attached hydrogens (tertiary/aromatic N) is 3. The first kappa shape index (κ1) is 12.1. The van der Waals surface area contributed by atoms with E-state index in [-0.39, 0.29) is 5.91 Å². The number of amides is 1. The summed E-state index contributed by atoms with van der Waals surface area (Å²) in [5, 5.41) is 8.74. The second kappa shape index (κ2) is 4.63. The average Bonchev–Trinajstić information content (AvgIpc) is 2.96. The Morgan fingerprint density at radius 3 is 3.05 bits per heavy atom. The van der Waals surface area contributed by atoms with Gasteiger partial charge < -0.3 is 11.1 Å². The number of halogens is 1. The highest BCUT2D eigenvalue weighted by Gasteiger charge is 2.15. The Bertz CT molecular complexity index is 765. The van der Waals surface area contributed by atoms with Crippen LogP contribution in [0.1, 0.15) is 10.4 Å². The monoisotopic (exact) mass is 337 g/mol. The molecule has 8 heteroatoms. The van der Waals surface area contributed by atoms with Gasteiger partial charge in [0.2, 0.25) is 0 Å². The van der Waals surface area contributed by atoms with Crippen LogP contribution in [0.25, 0.3) is 5.65 Å². The zero-order valence-corrected chi connectivity index (χ0v) is 11.9. The second-order valence-corrected chi connectivity index (χ2v) is 5.97. The number of rotatable bonds is 2. The fourth-order valence-corrected chi connectivity index (χ4v) is 2.74. The summed E-state index contributed by atoms with van der Waals surface area (Å²) in [5.41, 5.74) is 7.16. The molecular weight excluding hydrogens is 330 g/mol. The van der Waals surface area contributed by atoms with Crippen LogP contribution >= 0.6 is 27.3 Å². The molecule has 0 atom stereocenters. The van der Waals surface area contributed by atoms with Gasteiger partial charge in [-0.2, -0.15) is 5.10 Å². The largest absolute Gasteiger partial charge is 0.384 e. The summed E-state index contributed by atoms with van der Waals surface area (Å²) in [6.45, 7) is 0. The van der Waals surface area contributed by atoms with Gasteiger partial charge in [-0.3, -0.25) is 4.79 Å². The Morgan fingerprint density at radius 1 is 1.47 bits per heavy atom. The number of anilines is 2. The number of hydrogen-bond donors (Lipinski definition) is 2. The van der Waals surface area contributed by atoms with Gasteiger partial charge in [-0.15, -0.1) is 11.3 Å². The Morgan fingerprint density at radius 2 is 2.32 bits per heavy atom. The molecule has 0 saturated heterocycles. The molecule has 0 aliphatic carbocycles. The van der Waals surface area contributed by atoms with Crippen molar-refractivity contribution in [3.8, 4) is 0 Å². The molecule has 19 heavy (non-hydrogen) atoms. The van der Waals surface area contributed by atoms with Crippen LogP contribution in [0.5, 0.6) is 0 Å². The standard InChI is InChI=1S/C11H8BrN5OS/c12-9-7(2-4-19-9)15-11(18)6-5-14-17-3-1-8(13)16-10(6)17/h1-5H,(H2,13,16)(H,15,18). The second-order valence-electron chi connectivity index (χ2n) is 3.74. The number of nitrogens with two attached hydrogens (primary N) is 1. The van der Waals surface area contributed by atoms with Gasteiger partial charge in [0.25, 0.3) is 5.91 Å². The predicted octanol–water partition coefficient (Wildman–Crippen LogP) is 2.39. The van der Waals surface area contributed by atoms with Crippen molar-refractivity contribution in [2.45, 2.75) is 0 Å². The number of aromatic nitrogens is 3. The van der Waals surface area contributed by atoms with Crippen LogP contribution in [0.2, 0.25) is 0 Å². The topological polar surface area (TPSA) is 85.3 Å². The first-order valence-corrected chi connectivity index (χ1v) is 6.96. The smallest absolute Gasteiger partial charge is 0.261 e. The van der Waals surface area contributed by atoms with E-state index in [0.29, 0.717) is 17.0 Å². The maximum Gasteiger partial charge on any atom is 0.261 e. The van der Waals surface area contributed by atoms with E-state index in [1.165, 1.54) is 22.0 Å². The average molecular weight is 338 g/mol. The van der Waals surface area contributed by atoms with Gasteiger partial charge in [0.1, 0.15) is 11.4 Å². The summed E-state index contributed by atoms with van der Waals surface area (Å²) in [4.78, 5) is 16.3. The number of carbonyl (C=O) groups is 1. The summed E-state index contributed by atoms with van der Waals surface area (Å²) < 4.78 is 2.37. The molecule has 3 aromatic rings. The zero-order chi connectivity index (χ0) is 13.4. The van der Waals surface area contributed by atoms with Gasteiger partial charge in [0, 0.05) is 6.20 Å². The molecule has 3 N–H and O–H groups in total. The van der Waals surface area contributed by atoms with E-state index >= 15 is 0 Å². The van der Waals surface area contributed by atoms with Crippen molar-refractivity contribution in [1.29, 1.82) is 0 Å². The summed E-state index contributed by atoms with van der Waals surface area (Å²) in [6.07, 6.45) is 3.13. The van der Waals surface area contributed by atoms with E-state index in [0.717, 1.165) is 9.47 Å². The fourth-order valence-electron chi connectivity index (χ4n) is 1.61. The predicted molar refractivity (Wildman–Crippen MR) is 77.4 cm³/mol. The fraction of sp³-hybridized carbons (Fsp3) is 0. The van der Waals surface area contributed by atoms with E-state index in [4.69, 9.17) is 5.73 Å². The number of carbonyl (C=O) groups excluding carboxylic acids is 1. The van der Waals surface area contributed by atoms with Crippen molar-refractivity contribution >= 4 is 50.3 Å². The molecule has 0 saturated carbocycles. The van der Waals surface area contributed by atoms with Gasteiger partial charge in [-0.05, 0) is 33.4 Å². The van der Waals surface area contributed by atoms with Crippen molar-refractivity contribution in [2.24, 2.45) is 0 Å². The first-order valence-electron chi connectivity index (χ1n) is 5.29. The van der Waals surface area contributed by atoms with E-state index < -0.39 is 0 Å². The molecule has 0 aliphatic heterocycles. The van der Waals surface area contributed by atoms with Crippen molar-refractivity contribution < 1.29 is 4.79 Å². The van der Waals surface area contributed by atoms with Crippen LogP contribution in [0.15, 0.2) is 33.7 Å². The Hall–Kier alpha value is -1.93. The molecular formula is C11H8BrN5OS. The third kappa shape index (κ3) is 2.20. The summed E-state index contributed by atoms with van der Waals surface area (Å²) in [7, 11) is 0. The SMILES string of the molecule is Nc1ccn2ncc(C(=O)Nc3ccsc3Br)c2n1. The quantitative estimate of drug-likeness (QED) is 0.751. The minimum atomic E-state index is -0.271. The molecule has 0 aromatic carbocycles. The highest BCUT2D eigenvalue weighted by Crippen LogP contribution is 2.28. The molecule has 0 aliphatic rings. The lowest BCUT2D eigenvalue weighted by Gasteiger charge is -2.02. The third-order valence-corrected chi connectivity index (χ3v) is 4.19. The van der Waals surface area contributed by atoms with Gasteiger partial charge >= 0.3 is 0 Å².